The number of fused-ring (bicyclic) bond motifs is 2. The number of halogens is 1. The van der Waals surface area contributed by atoms with E-state index in [1.165, 1.54) is 0 Å². The van der Waals surface area contributed by atoms with Gasteiger partial charge in [-0.1, -0.05) is 11.6 Å². The van der Waals surface area contributed by atoms with Crippen LogP contribution in [-0.4, -0.2) is 45.7 Å². The van der Waals surface area contributed by atoms with Crippen molar-refractivity contribution in [1.29, 1.82) is 0 Å². The lowest BCUT2D eigenvalue weighted by molar-refractivity contribution is 0.0919. The van der Waals surface area contributed by atoms with Gasteiger partial charge in [-0.2, -0.15) is 0 Å². The molecule has 1 aromatic rings. The lowest BCUT2D eigenvalue weighted by Gasteiger charge is -2.51. The SMILES string of the molecule is C[C@]12CC[C@](C)(CC(Nc3ccc(Cl)nn3)C1)N2[B]C=O. The van der Waals surface area contributed by atoms with Crippen molar-refractivity contribution in [2.24, 2.45) is 0 Å². The van der Waals surface area contributed by atoms with Crippen LogP contribution in [0.2, 0.25) is 5.15 Å². The molecule has 0 spiro atoms. The molecule has 1 aromatic heterocycles. The third kappa shape index (κ3) is 2.67. The van der Waals surface area contributed by atoms with Crippen molar-refractivity contribution >= 4 is 31.0 Å². The molecular weight excluding hydrogens is 286 g/mol. The van der Waals surface area contributed by atoms with Gasteiger partial charge < -0.3 is 14.9 Å². The summed E-state index contributed by atoms with van der Waals surface area (Å²) in [6.07, 6.45) is 5.09. The number of rotatable bonds is 4. The molecule has 3 atom stereocenters. The largest absolute Gasteiger partial charge is 0.366 e. The van der Waals surface area contributed by atoms with Crippen molar-refractivity contribution in [3.63, 3.8) is 0 Å². The molecule has 0 aromatic carbocycles. The first-order valence-corrected chi connectivity index (χ1v) is 7.67. The summed E-state index contributed by atoms with van der Waals surface area (Å²) in [4.78, 5) is 13.2. The molecule has 111 valence electrons. The van der Waals surface area contributed by atoms with Gasteiger partial charge in [0.2, 0.25) is 0 Å². The summed E-state index contributed by atoms with van der Waals surface area (Å²) < 4.78 is 0. The maximum absolute atomic E-state index is 10.9. The number of nitrogens with zero attached hydrogens (tertiary/aromatic N) is 3. The number of carbonyl (C=O) groups is 1. The average molecular weight is 306 g/mol. The molecule has 2 fully saturated rings. The van der Waals surface area contributed by atoms with Crippen LogP contribution in [0.4, 0.5) is 5.82 Å². The Morgan fingerprint density at radius 2 is 2.00 bits per heavy atom. The number of nitrogens with one attached hydrogen (secondary N) is 1. The second kappa shape index (κ2) is 5.25. The number of anilines is 1. The summed E-state index contributed by atoms with van der Waals surface area (Å²) in [6.45, 7) is 4.47. The molecule has 1 N–H and O–H groups in total. The Labute approximate surface area is 130 Å². The van der Waals surface area contributed by atoms with Gasteiger partial charge in [0.15, 0.2) is 5.15 Å². The molecule has 2 saturated heterocycles. The van der Waals surface area contributed by atoms with Crippen molar-refractivity contribution in [3.05, 3.63) is 17.3 Å². The molecule has 3 heterocycles. The van der Waals surface area contributed by atoms with Gasteiger partial charge in [0.1, 0.15) is 5.82 Å². The second-order valence-electron chi connectivity index (χ2n) is 6.64. The van der Waals surface area contributed by atoms with Crippen LogP contribution in [0.15, 0.2) is 12.1 Å². The predicted octanol–water partition coefficient (Wildman–Crippen LogP) is 2.13. The van der Waals surface area contributed by atoms with Gasteiger partial charge in [0, 0.05) is 17.1 Å². The molecule has 3 rings (SSSR count). The van der Waals surface area contributed by atoms with E-state index >= 15 is 0 Å². The number of aromatic nitrogens is 2. The fourth-order valence-corrected chi connectivity index (χ4v) is 4.19. The molecule has 0 aliphatic carbocycles. The Balaban J connectivity index is 1.76. The molecule has 7 heteroatoms. The smallest absolute Gasteiger partial charge is 0.294 e. The zero-order valence-electron chi connectivity index (χ0n) is 12.3. The Morgan fingerprint density at radius 3 is 2.52 bits per heavy atom. The Hall–Kier alpha value is -1.14. The van der Waals surface area contributed by atoms with E-state index in [-0.39, 0.29) is 11.1 Å². The Bertz CT molecular complexity index is 522. The molecule has 0 amide bonds. The van der Waals surface area contributed by atoms with Gasteiger partial charge in [-0.3, -0.25) is 0 Å². The van der Waals surface area contributed by atoms with Gasteiger partial charge in [-0.15, -0.1) is 10.2 Å². The summed E-state index contributed by atoms with van der Waals surface area (Å²) in [7, 11) is 1.71. The van der Waals surface area contributed by atoms with E-state index in [0.717, 1.165) is 37.7 Å². The van der Waals surface area contributed by atoms with Gasteiger partial charge >= 0.3 is 0 Å². The van der Waals surface area contributed by atoms with Gasteiger partial charge in [-0.05, 0) is 51.7 Å². The third-order valence-corrected chi connectivity index (χ3v) is 5.13. The molecule has 5 nitrogen and oxygen atoms in total. The molecular formula is C14H19BClN4O. The number of carbonyl (C=O) groups excluding carboxylic acids is 1. The summed E-state index contributed by atoms with van der Waals surface area (Å²) in [5.41, 5.74) is 0.0663. The minimum atomic E-state index is 0.0332. The first kappa shape index (κ1) is 14.8. The number of piperidine rings is 1. The molecule has 2 bridgehead atoms. The molecule has 2 aliphatic heterocycles. The van der Waals surface area contributed by atoms with Crippen LogP contribution in [0.3, 0.4) is 0 Å². The average Bonchev–Trinajstić information content (AvgIpc) is 2.59. The summed E-state index contributed by atoms with van der Waals surface area (Å²) >= 11 is 5.76. The zero-order valence-corrected chi connectivity index (χ0v) is 13.1. The third-order valence-electron chi connectivity index (χ3n) is 4.93. The summed E-state index contributed by atoms with van der Waals surface area (Å²) in [5.74, 6) is 0.754. The van der Waals surface area contributed by atoms with Crippen molar-refractivity contribution < 1.29 is 4.79 Å². The highest BCUT2D eigenvalue weighted by atomic mass is 35.5. The quantitative estimate of drug-likeness (QED) is 0.682. The van der Waals surface area contributed by atoms with Crippen LogP contribution in [0.25, 0.3) is 0 Å². The minimum absolute atomic E-state index is 0.0332. The van der Waals surface area contributed by atoms with Crippen molar-refractivity contribution in [1.82, 2.24) is 15.0 Å². The van der Waals surface area contributed by atoms with E-state index in [1.807, 2.05) is 6.07 Å². The number of hydrogen-bond donors (Lipinski definition) is 1. The van der Waals surface area contributed by atoms with Crippen molar-refractivity contribution in [2.75, 3.05) is 5.32 Å². The summed E-state index contributed by atoms with van der Waals surface area (Å²) in [6, 6.07) is 3.92. The van der Waals surface area contributed by atoms with Crippen molar-refractivity contribution in [2.45, 2.75) is 56.7 Å². The van der Waals surface area contributed by atoms with Crippen LogP contribution >= 0.6 is 11.6 Å². The fourth-order valence-electron chi connectivity index (χ4n) is 4.09. The van der Waals surface area contributed by atoms with Crippen LogP contribution in [0.5, 0.6) is 0 Å². The van der Waals surface area contributed by atoms with E-state index in [2.05, 4.69) is 34.2 Å². The van der Waals surface area contributed by atoms with Gasteiger partial charge in [0.05, 0.1) is 6.19 Å². The monoisotopic (exact) mass is 305 g/mol. The molecule has 0 saturated carbocycles. The van der Waals surface area contributed by atoms with Gasteiger partial charge in [0.25, 0.3) is 7.41 Å². The molecule has 1 unspecified atom stereocenters. The van der Waals surface area contributed by atoms with E-state index in [0.29, 0.717) is 11.2 Å². The lowest BCUT2D eigenvalue weighted by Crippen LogP contribution is -2.61. The normalized spacial score (nSPS) is 35.5. The van der Waals surface area contributed by atoms with Crippen LogP contribution < -0.4 is 5.32 Å². The highest BCUT2D eigenvalue weighted by Gasteiger charge is 2.54. The molecule has 21 heavy (non-hydrogen) atoms. The van der Waals surface area contributed by atoms with Crippen LogP contribution in [-0.2, 0) is 4.79 Å². The maximum Gasteiger partial charge on any atom is 0.294 e. The zero-order chi connectivity index (χ0) is 15.1. The maximum atomic E-state index is 10.9. The van der Waals surface area contributed by atoms with Crippen molar-refractivity contribution in [3.8, 4) is 0 Å². The topological polar surface area (TPSA) is 58.1 Å². The highest BCUT2D eigenvalue weighted by molar-refractivity contribution is 6.64. The fraction of sp³-hybridized carbons (Fsp3) is 0.643. The first-order chi connectivity index (χ1) is 9.95. The highest BCUT2D eigenvalue weighted by Crippen LogP contribution is 2.50. The van der Waals surface area contributed by atoms with Crippen LogP contribution in [0.1, 0.15) is 39.5 Å². The second-order valence-corrected chi connectivity index (χ2v) is 7.03. The summed E-state index contributed by atoms with van der Waals surface area (Å²) in [5, 5.41) is 11.8. The molecule has 2 aliphatic rings. The molecule has 1 radical (unpaired) electrons. The standard InChI is InChI=1S/C14H19BClN4O/c1-13-5-6-14(2,20(13)15-9-21)8-10(7-13)17-12-4-3-11(16)18-19-12/h3-4,9-10H,5-8H2,1-2H3,(H,17,19)/t10?,13-,14+. The van der Waals surface area contributed by atoms with Crippen LogP contribution in [0, 0.1) is 0 Å². The Morgan fingerprint density at radius 1 is 1.33 bits per heavy atom. The minimum Gasteiger partial charge on any atom is -0.366 e. The van der Waals surface area contributed by atoms with E-state index in [1.54, 1.807) is 13.5 Å². The van der Waals surface area contributed by atoms with E-state index in [9.17, 15) is 4.79 Å². The number of hydrogen-bond acceptors (Lipinski definition) is 5. The predicted molar refractivity (Wildman–Crippen MR) is 84.1 cm³/mol. The van der Waals surface area contributed by atoms with E-state index < -0.39 is 0 Å². The van der Waals surface area contributed by atoms with Gasteiger partial charge in [-0.25, -0.2) is 0 Å². The van der Waals surface area contributed by atoms with E-state index in [4.69, 9.17) is 11.6 Å². The first-order valence-electron chi connectivity index (χ1n) is 7.29. The Kier molecular flexibility index (Phi) is 3.70. The lowest BCUT2D eigenvalue weighted by atomic mass is 9.74.